The molecule has 3 aromatic rings. The molecule has 0 bridgehead atoms. The van der Waals surface area contributed by atoms with E-state index in [2.05, 4.69) is 4.98 Å². The van der Waals surface area contributed by atoms with Crippen LogP contribution in [-0.2, 0) is 11.3 Å². The van der Waals surface area contributed by atoms with Crippen molar-refractivity contribution in [3.05, 3.63) is 53.3 Å². The number of hydrogen-bond donors (Lipinski definition) is 0. The van der Waals surface area contributed by atoms with Gasteiger partial charge in [0.2, 0.25) is 5.89 Å². The number of hydrogen-bond acceptors (Lipinski definition) is 5. The molecule has 0 aliphatic rings. The largest absolute Gasteiger partial charge is 0.459 e. The predicted octanol–water partition coefficient (Wildman–Crippen LogP) is 3.36. The Bertz CT molecular complexity index is 798. The van der Waals surface area contributed by atoms with Crippen molar-refractivity contribution in [3.63, 3.8) is 0 Å². The van der Waals surface area contributed by atoms with Crippen molar-refractivity contribution in [2.75, 3.05) is 20.3 Å². The highest BCUT2D eigenvalue weighted by molar-refractivity contribution is 6.31. The van der Waals surface area contributed by atoms with Gasteiger partial charge in [-0.15, -0.1) is 0 Å². The number of amides is 1. The molecular weight excluding hydrogens is 320 g/mol. The Kier molecular flexibility index (Phi) is 4.64. The van der Waals surface area contributed by atoms with E-state index in [1.54, 1.807) is 42.3 Å². The number of aromatic nitrogens is 1. The lowest BCUT2D eigenvalue weighted by atomic mass is 10.3. The highest BCUT2D eigenvalue weighted by atomic mass is 35.5. The first-order valence-corrected chi connectivity index (χ1v) is 7.42. The smallest absolute Gasteiger partial charge is 0.290 e. The second-order valence-electron chi connectivity index (χ2n) is 4.92. The SMILES string of the molecule is COCCN(Cc1nc2cc(Cl)ccc2o1)C(=O)c1ccco1. The van der Waals surface area contributed by atoms with E-state index in [9.17, 15) is 4.79 Å². The van der Waals surface area contributed by atoms with Crippen LogP contribution in [0.5, 0.6) is 0 Å². The number of rotatable bonds is 6. The van der Waals surface area contributed by atoms with E-state index in [1.807, 2.05) is 0 Å². The Morgan fingerprint density at radius 2 is 2.26 bits per heavy atom. The van der Waals surface area contributed by atoms with Gasteiger partial charge >= 0.3 is 0 Å². The quantitative estimate of drug-likeness (QED) is 0.691. The Morgan fingerprint density at radius 1 is 1.39 bits per heavy atom. The lowest BCUT2D eigenvalue weighted by Gasteiger charge is -2.19. The first kappa shape index (κ1) is 15.6. The van der Waals surface area contributed by atoms with Gasteiger partial charge in [-0.1, -0.05) is 11.6 Å². The molecule has 6 nitrogen and oxygen atoms in total. The van der Waals surface area contributed by atoms with Gasteiger partial charge in [0.1, 0.15) is 5.52 Å². The first-order chi connectivity index (χ1) is 11.2. The highest BCUT2D eigenvalue weighted by Gasteiger charge is 2.20. The number of methoxy groups -OCH3 is 1. The van der Waals surface area contributed by atoms with Crippen LogP contribution in [0.15, 0.2) is 45.4 Å². The monoisotopic (exact) mass is 334 g/mol. The molecule has 0 saturated carbocycles. The first-order valence-electron chi connectivity index (χ1n) is 7.04. The summed E-state index contributed by atoms with van der Waals surface area (Å²) in [6.07, 6.45) is 1.46. The second kappa shape index (κ2) is 6.85. The third-order valence-electron chi connectivity index (χ3n) is 3.30. The molecule has 0 radical (unpaired) electrons. The van der Waals surface area contributed by atoms with Crippen LogP contribution in [0.3, 0.4) is 0 Å². The van der Waals surface area contributed by atoms with Crippen molar-refractivity contribution in [1.82, 2.24) is 9.88 Å². The Morgan fingerprint density at radius 3 is 3.00 bits per heavy atom. The second-order valence-corrected chi connectivity index (χ2v) is 5.35. The number of fused-ring (bicyclic) bond motifs is 1. The summed E-state index contributed by atoms with van der Waals surface area (Å²) in [7, 11) is 1.58. The minimum absolute atomic E-state index is 0.217. The van der Waals surface area contributed by atoms with Crippen LogP contribution in [0.2, 0.25) is 5.02 Å². The maximum atomic E-state index is 12.5. The summed E-state index contributed by atoms with van der Waals surface area (Å²) in [4.78, 5) is 18.4. The molecule has 0 spiro atoms. The van der Waals surface area contributed by atoms with E-state index in [0.29, 0.717) is 35.2 Å². The number of ether oxygens (including phenoxy) is 1. The topological polar surface area (TPSA) is 68.7 Å². The van der Waals surface area contributed by atoms with E-state index in [1.165, 1.54) is 6.26 Å². The van der Waals surface area contributed by atoms with Crippen molar-refractivity contribution in [3.8, 4) is 0 Å². The molecule has 0 unspecified atom stereocenters. The van der Waals surface area contributed by atoms with Crippen LogP contribution in [0, 0.1) is 0 Å². The molecule has 7 heteroatoms. The normalized spacial score (nSPS) is 11.0. The molecule has 2 aromatic heterocycles. The summed E-state index contributed by atoms with van der Waals surface area (Å²) in [6.45, 7) is 1.02. The molecule has 0 aliphatic carbocycles. The van der Waals surface area contributed by atoms with Gasteiger partial charge in [-0.3, -0.25) is 4.79 Å². The van der Waals surface area contributed by atoms with Gasteiger partial charge in [0.25, 0.3) is 5.91 Å². The van der Waals surface area contributed by atoms with E-state index in [4.69, 9.17) is 25.2 Å². The predicted molar refractivity (Wildman–Crippen MR) is 84.3 cm³/mol. The maximum absolute atomic E-state index is 12.5. The molecule has 0 aliphatic heterocycles. The van der Waals surface area contributed by atoms with Gasteiger partial charge in [-0.25, -0.2) is 4.98 Å². The molecule has 0 fully saturated rings. The standard InChI is InChI=1S/C16H15ClN2O4/c1-21-8-6-19(16(20)14-3-2-7-22-14)10-15-18-12-9-11(17)4-5-13(12)23-15/h2-5,7,9H,6,8,10H2,1H3. The molecule has 1 aromatic carbocycles. The zero-order chi connectivity index (χ0) is 16.2. The van der Waals surface area contributed by atoms with Crippen LogP contribution in [0.1, 0.15) is 16.4 Å². The molecule has 0 atom stereocenters. The third kappa shape index (κ3) is 3.55. The fourth-order valence-corrected chi connectivity index (χ4v) is 2.36. The third-order valence-corrected chi connectivity index (χ3v) is 3.54. The minimum Gasteiger partial charge on any atom is -0.459 e. The van der Waals surface area contributed by atoms with Gasteiger partial charge in [0.15, 0.2) is 11.3 Å². The average Bonchev–Trinajstić information content (AvgIpc) is 3.19. The molecular formula is C16H15ClN2O4. The molecule has 0 N–H and O–H groups in total. The summed E-state index contributed by atoms with van der Waals surface area (Å²) < 4.78 is 15.9. The number of carbonyl (C=O) groups excluding carboxylic acids is 1. The molecule has 0 saturated heterocycles. The Balaban J connectivity index is 1.82. The van der Waals surface area contributed by atoms with E-state index in [0.717, 1.165) is 0 Å². The van der Waals surface area contributed by atoms with Crippen LogP contribution >= 0.6 is 11.6 Å². The average molecular weight is 335 g/mol. The van der Waals surface area contributed by atoms with Crippen molar-refractivity contribution in [2.24, 2.45) is 0 Å². The van der Waals surface area contributed by atoms with Crippen LogP contribution < -0.4 is 0 Å². The summed E-state index contributed by atoms with van der Waals surface area (Å²) in [6, 6.07) is 8.49. The fourth-order valence-electron chi connectivity index (χ4n) is 2.19. The van der Waals surface area contributed by atoms with Crippen molar-refractivity contribution < 1.29 is 18.4 Å². The van der Waals surface area contributed by atoms with Crippen molar-refractivity contribution in [1.29, 1.82) is 0 Å². The Hall–Kier alpha value is -2.31. The van der Waals surface area contributed by atoms with Gasteiger partial charge < -0.3 is 18.5 Å². The van der Waals surface area contributed by atoms with E-state index < -0.39 is 0 Å². The molecule has 120 valence electrons. The van der Waals surface area contributed by atoms with Gasteiger partial charge in [-0.05, 0) is 30.3 Å². The number of benzene rings is 1. The van der Waals surface area contributed by atoms with Gasteiger partial charge in [0.05, 0.1) is 19.4 Å². The molecule has 2 heterocycles. The van der Waals surface area contributed by atoms with Crippen LogP contribution in [0.4, 0.5) is 0 Å². The summed E-state index contributed by atoms with van der Waals surface area (Å²) >= 11 is 5.95. The lowest BCUT2D eigenvalue weighted by Crippen LogP contribution is -2.33. The van der Waals surface area contributed by atoms with Crippen LogP contribution in [0.25, 0.3) is 11.1 Å². The molecule has 1 amide bonds. The summed E-state index contributed by atoms with van der Waals surface area (Å²) in [5.74, 6) is 0.450. The minimum atomic E-state index is -0.243. The van der Waals surface area contributed by atoms with Crippen molar-refractivity contribution >= 4 is 28.6 Å². The number of halogens is 1. The lowest BCUT2D eigenvalue weighted by molar-refractivity contribution is 0.0633. The van der Waals surface area contributed by atoms with Gasteiger partial charge in [-0.2, -0.15) is 0 Å². The number of carbonyl (C=O) groups is 1. The maximum Gasteiger partial charge on any atom is 0.290 e. The number of nitrogens with zero attached hydrogens (tertiary/aromatic N) is 2. The van der Waals surface area contributed by atoms with E-state index >= 15 is 0 Å². The number of oxazole rings is 1. The molecule has 3 rings (SSSR count). The highest BCUT2D eigenvalue weighted by Crippen LogP contribution is 2.21. The summed E-state index contributed by atoms with van der Waals surface area (Å²) in [5, 5.41) is 0.584. The fraction of sp³-hybridized carbons (Fsp3) is 0.250. The Labute approximate surface area is 137 Å². The zero-order valence-corrected chi connectivity index (χ0v) is 13.2. The van der Waals surface area contributed by atoms with Crippen molar-refractivity contribution in [2.45, 2.75) is 6.54 Å². The zero-order valence-electron chi connectivity index (χ0n) is 12.5. The summed E-state index contributed by atoms with van der Waals surface area (Å²) in [5.41, 5.74) is 1.28. The van der Waals surface area contributed by atoms with Gasteiger partial charge in [0, 0.05) is 18.7 Å². The number of furan rings is 1. The van der Waals surface area contributed by atoms with E-state index in [-0.39, 0.29) is 18.2 Å². The molecule has 23 heavy (non-hydrogen) atoms. The van der Waals surface area contributed by atoms with Crippen LogP contribution in [-0.4, -0.2) is 36.1 Å².